The number of aromatic amines is 1. The SMILES string of the molecule is COc1c(O)ccc2c(=O)c(C#N)c[nH]c12. The van der Waals surface area contributed by atoms with Gasteiger partial charge in [0, 0.05) is 6.20 Å². The quantitative estimate of drug-likeness (QED) is 0.747. The molecule has 2 N–H and O–H groups in total. The van der Waals surface area contributed by atoms with Crippen LogP contribution in [-0.2, 0) is 0 Å². The second-order valence-electron chi connectivity index (χ2n) is 3.18. The molecule has 0 saturated carbocycles. The van der Waals surface area contributed by atoms with Gasteiger partial charge in [0.05, 0.1) is 18.0 Å². The monoisotopic (exact) mass is 216 g/mol. The molecule has 0 atom stereocenters. The maximum absolute atomic E-state index is 11.8. The third-order valence-electron chi connectivity index (χ3n) is 2.31. The highest BCUT2D eigenvalue weighted by atomic mass is 16.5. The zero-order chi connectivity index (χ0) is 11.7. The van der Waals surface area contributed by atoms with E-state index in [0.29, 0.717) is 10.9 Å². The van der Waals surface area contributed by atoms with Crippen LogP contribution >= 0.6 is 0 Å². The van der Waals surface area contributed by atoms with Gasteiger partial charge in [0.15, 0.2) is 11.5 Å². The minimum Gasteiger partial charge on any atom is -0.504 e. The van der Waals surface area contributed by atoms with Gasteiger partial charge in [-0.05, 0) is 12.1 Å². The number of pyridine rings is 1. The van der Waals surface area contributed by atoms with E-state index in [0.717, 1.165) is 0 Å². The van der Waals surface area contributed by atoms with Crippen molar-refractivity contribution in [2.45, 2.75) is 0 Å². The second-order valence-corrected chi connectivity index (χ2v) is 3.18. The molecule has 0 fully saturated rings. The van der Waals surface area contributed by atoms with Crippen molar-refractivity contribution in [3.63, 3.8) is 0 Å². The number of phenols is 1. The predicted octanol–water partition coefficient (Wildman–Crippen LogP) is 1.11. The van der Waals surface area contributed by atoms with Crippen molar-refractivity contribution >= 4 is 10.9 Å². The van der Waals surface area contributed by atoms with Crippen LogP contribution in [0.3, 0.4) is 0 Å². The Labute approximate surface area is 90.5 Å². The average Bonchev–Trinajstić information content (AvgIpc) is 2.29. The molecular weight excluding hydrogens is 208 g/mol. The van der Waals surface area contributed by atoms with Crippen molar-refractivity contribution in [2.24, 2.45) is 0 Å². The summed E-state index contributed by atoms with van der Waals surface area (Å²) < 4.78 is 4.98. The van der Waals surface area contributed by atoms with Gasteiger partial charge in [0.25, 0.3) is 0 Å². The maximum Gasteiger partial charge on any atom is 0.207 e. The van der Waals surface area contributed by atoms with Crippen LogP contribution in [0.5, 0.6) is 11.5 Å². The lowest BCUT2D eigenvalue weighted by molar-refractivity contribution is 0.377. The van der Waals surface area contributed by atoms with Crippen LogP contribution in [0.4, 0.5) is 0 Å². The molecule has 1 aromatic carbocycles. The van der Waals surface area contributed by atoms with Gasteiger partial charge in [-0.25, -0.2) is 0 Å². The number of nitrogens with one attached hydrogen (secondary N) is 1. The normalized spacial score (nSPS) is 10.0. The first-order chi connectivity index (χ1) is 7.69. The molecule has 2 rings (SSSR count). The van der Waals surface area contributed by atoms with Crippen molar-refractivity contribution in [3.8, 4) is 17.6 Å². The highest BCUT2D eigenvalue weighted by molar-refractivity contribution is 5.87. The minimum atomic E-state index is -0.380. The molecule has 1 heterocycles. The van der Waals surface area contributed by atoms with E-state index in [9.17, 15) is 9.90 Å². The number of phenolic OH excluding ortho intramolecular Hbond substituents is 1. The fourth-order valence-electron chi connectivity index (χ4n) is 1.55. The Morgan fingerprint density at radius 2 is 2.25 bits per heavy atom. The van der Waals surface area contributed by atoms with Gasteiger partial charge >= 0.3 is 0 Å². The Bertz CT molecular complexity index is 653. The first-order valence-corrected chi connectivity index (χ1v) is 4.50. The van der Waals surface area contributed by atoms with E-state index in [1.54, 1.807) is 6.07 Å². The fourth-order valence-corrected chi connectivity index (χ4v) is 1.55. The predicted molar refractivity (Wildman–Crippen MR) is 57.5 cm³/mol. The van der Waals surface area contributed by atoms with E-state index < -0.39 is 0 Å². The Morgan fingerprint density at radius 3 is 2.88 bits per heavy atom. The molecule has 0 amide bonds. The third kappa shape index (κ3) is 1.28. The highest BCUT2D eigenvalue weighted by Crippen LogP contribution is 2.31. The van der Waals surface area contributed by atoms with Crippen LogP contribution < -0.4 is 10.2 Å². The van der Waals surface area contributed by atoms with E-state index in [-0.39, 0.29) is 22.5 Å². The molecule has 0 aliphatic carbocycles. The van der Waals surface area contributed by atoms with Crippen LogP contribution in [0.1, 0.15) is 5.56 Å². The van der Waals surface area contributed by atoms with Gasteiger partial charge < -0.3 is 14.8 Å². The first-order valence-electron chi connectivity index (χ1n) is 4.50. The lowest BCUT2D eigenvalue weighted by atomic mass is 10.1. The van der Waals surface area contributed by atoms with Gasteiger partial charge in [-0.15, -0.1) is 0 Å². The number of H-pyrrole nitrogens is 1. The molecule has 5 nitrogen and oxygen atoms in total. The molecular formula is C11H8N2O3. The van der Waals surface area contributed by atoms with E-state index >= 15 is 0 Å². The lowest BCUT2D eigenvalue weighted by Gasteiger charge is -2.06. The zero-order valence-corrected chi connectivity index (χ0v) is 8.44. The maximum atomic E-state index is 11.8. The summed E-state index contributed by atoms with van der Waals surface area (Å²) in [5.74, 6) is 0.134. The molecule has 1 aromatic heterocycles. The van der Waals surface area contributed by atoms with Crippen molar-refractivity contribution < 1.29 is 9.84 Å². The van der Waals surface area contributed by atoms with Crippen molar-refractivity contribution in [1.82, 2.24) is 4.98 Å². The van der Waals surface area contributed by atoms with Gasteiger partial charge in [0.1, 0.15) is 11.6 Å². The first kappa shape index (κ1) is 10.1. The number of fused-ring (bicyclic) bond motifs is 1. The molecule has 0 bridgehead atoms. The summed E-state index contributed by atoms with van der Waals surface area (Å²) in [6.45, 7) is 0. The largest absolute Gasteiger partial charge is 0.504 e. The number of nitriles is 1. The number of benzene rings is 1. The summed E-state index contributed by atoms with van der Waals surface area (Å²) in [6, 6.07) is 4.60. The Kier molecular flexibility index (Phi) is 2.25. The number of rotatable bonds is 1. The van der Waals surface area contributed by atoms with Crippen molar-refractivity contribution in [3.05, 3.63) is 34.1 Å². The van der Waals surface area contributed by atoms with Gasteiger partial charge in [-0.2, -0.15) is 5.26 Å². The minimum absolute atomic E-state index is 0.0280. The highest BCUT2D eigenvalue weighted by Gasteiger charge is 2.11. The Balaban J connectivity index is 2.95. The summed E-state index contributed by atoms with van der Waals surface area (Å²) in [5.41, 5.74) is 0.0290. The van der Waals surface area contributed by atoms with Crippen LogP contribution in [-0.4, -0.2) is 17.2 Å². The number of ether oxygens (including phenoxy) is 1. The van der Waals surface area contributed by atoms with E-state index in [4.69, 9.17) is 10.00 Å². The van der Waals surface area contributed by atoms with Crippen molar-refractivity contribution in [2.75, 3.05) is 7.11 Å². The molecule has 0 aliphatic heterocycles. The van der Waals surface area contributed by atoms with Gasteiger partial charge in [-0.3, -0.25) is 4.79 Å². The topological polar surface area (TPSA) is 86.1 Å². The third-order valence-corrected chi connectivity index (χ3v) is 2.31. The smallest absolute Gasteiger partial charge is 0.207 e. The molecule has 0 saturated heterocycles. The van der Waals surface area contributed by atoms with Crippen LogP contribution in [0.25, 0.3) is 10.9 Å². The van der Waals surface area contributed by atoms with Crippen LogP contribution in [0.2, 0.25) is 0 Å². The Hall–Kier alpha value is -2.48. The zero-order valence-electron chi connectivity index (χ0n) is 8.44. The average molecular weight is 216 g/mol. The van der Waals surface area contributed by atoms with Gasteiger partial charge in [0.2, 0.25) is 5.43 Å². The summed E-state index contributed by atoms with van der Waals surface area (Å²) in [7, 11) is 1.39. The molecule has 80 valence electrons. The molecule has 2 aromatic rings. The van der Waals surface area contributed by atoms with E-state index in [1.165, 1.54) is 25.4 Å². The number of hydrogen-bond acceptors (Lipinski definition) is 4. The second kappa shape index (κ2) is 3.59. The van der Waals surface area contributed by atoms with Crippen LogP contribution in [0, 0.1) is 11.3 Å². The fraction of sp³-hybridized carbons (Fsp3) is 0.0909. The lowest BCUT2D eigenvalue weighted by Crippen LogP contribution is -2.07. The summed E-state index contributed by atoms with van der Waals surface area (Å²) >= 11 is 0. The molecule has 16 heavy (non-hydrogen) atoms. The molecule has 0 radical (unpaired) electrons. The summed E-state index contributed by atoms with van der Waals surface area (Å²) in [6.07, 6.45) is 1.30. The molecule has 0 aliphatic rings. The molecule has 0 unspecified atom stereocenters. The summed E-state index contributed by atoms with van der Waals surface area (Å²) in [4.78, 5) is 14.5. The number of aromatic hydroxyl groups is 1. The van der Waals surface area contributed by atoms with Crippen molar-refractivity contribution in [1.29, 1.82) is 5.26 Å². The number of methoxy groups -OCH3 is 1. The van der Waals surface area contributed by atoms with E-state index in [1.807, 2.05) is 0 Å². The Morgan fingerprint density at radius 1 is 1.50 bits per heavy atom. The number of aromatic nitrogens is 1. The molecule has 0 spiro atoms. The van der Waals surface area contributed by atoms with Crippen LogP contribution in [0.15, 0.2) is 23.1 Å². The number of hydrogen-bond donors (Lipinski definition) is 2. The van der Waals surface area contributed by atoms with Gasteiger partial charge in [-0.1, -0.05) is 0 Å². The summed E-state index contributed by atoms with van der Waals surface area (Å²) in [5, 5.41) is 18.5. The standard InChI is InChI=1S/C11H8N2O3/c1-16-11-8(14)3-2-7-9(11)13-5-6(4-12)10(7)15/h2-3,5,14H,1H3,(H,13,15). The van der Waals surface area contributed by atoms with E-state index in [2.05, 4.69) is 4.98 Å². The number of nitrogens with zero attached hydrogens (tertiary/aromatic N) is 1. The molecule has 5 heteroatoms.